The molecule has 0 aliphatic heterocycles. The van der Waals surface area contributed by atoms with Crippen molar-refractivity contribution in [2.24, 2.45) is 0 Å². The summed E-state index contributed by atoms with van der Waals surface area (Å²) in [5.41, 5.74) is -0.385. The lowest BCUT2D eigenvalue weighted by atomic mass is 10.2. The van der Waals surface area contributed by atoms with Crippen molar-refractivity contribution in [1.29, 1.82) is 0 Å². The van der Waals surface area contributed by atoms with Crippen LogP contribution in [0.3, 0.4) is 0 Å². The summed E-state index contributed by atoms with van der Waals surface area (Å²) < 4.78 is 16.8. The molecular weight excluding hydrogens is 436 g/mol. The molecule has 0 aromatic carbocycles. The molecule has 1 atom stereocenters. The second-order valence-corrected chi connectivity index (χ2v) is 6.96. The van der Waals surface area contributed by atoms with Crippen molar-refractivity contribution in [3.05, 3.63) is 38.8 Å². The van der Waals surface area contributed by atoms with E-state index in [0.29, 0.717) is 25.2 Å². The minimum Gasteiger partial charge on any atom is -0.268 e. The van der Waals surface area contributed by atoms with E-state index in [9.17, 15) is 14.0 Å². The summed E-state index contributed by atoms with van der Waals surface area (Å²) in [6.45, 7) is 3.27. The largest absolute Gasteiger partial charge is 0.334 e. The second-order valence-electron chi connectivity index (χ2n) is 4.90. The lowest BCUT2D eigenvalue weighted by Crippen LogP contribution is -2.40. The molecule has 1 unspecified atom stereocenters. The molecule has 3 aromatic rings. The van der Waals surface area contributed by atoms with Gasteiger partial charge in [0.25, 0.3) is 5.56 Å². The minimum absolute atomic E-state index is 0.242. The van der Waals surface area contributed by atoms with Gasteiger partial charge in [-0.25, -0.2) is 9.18 Å². The van der Waals surface area contributed by atoms with Gasteiger partial charge in [0.2, 0.25) is 0 Å². The predicted molar refractivity (Wildman–Crippen MR) is 94.7 cm³/mol. The number of hydrogen-bond acceptors (Lipinski definition) is 5. The highest BCUT2D eigenvalue weighted by molar-refractivity contribution is 14.1. The highest BCUT2D eigenvalue weighted by atomic mass is 127. The maximum atomic E-state index is 14.1. The van der Waals surface area contributed by atoms with Crippen molar-refractivity contribution in [3.8, 4) is 5.00 Å². The quantitative estimate of drug-likeness (QED) is 0.452. The Bertz CT molecular complexity index is 973. The van der Waals surface area contributed by atoms with Crippen molar-refractivity contribution >= 4 is 44.1 Å². The number of rotatable bonds is 4. The number of alkyl halides is 2. The zero-order valence-electron chi connectivity index (χ0n) is 12.4. The Hall–Kier alpha value is -1.56. The first-order chi connectivity index (χ1) is 11.0. The van der Waals surface area contributed by atoms with E-state index in [1.54, 1.807) is 6.92 Å². The molecule has 0 saturated carbocycles. The van der Waals surface area contributed by atoms with Crippen LogP contribution in [0.1, 0.15) is 18.8 Å². The van der Waals surface area contributed by atoms with E-state index in [1.807, 2.05) is 0 Å². The van der Waals surface area contributed by atoms with Gasteiger partial charge in [-0.1, -0.05) is 33.9 Å². The average molecular weight is 449 g/mol. The highest BCUT2D eigenvalue weighted by Crippen LogP contribution is 2.31. The first-order valence-corrected chi connectivity index (χ1v) is 9.16. The van der Waals surface area contributed by atoms with Gasteiger partial charge < -0.3 is 0 Å². The fourth-order valence-electron chi connectivity index (χ4n) is 2.45. The molecule has 0 aliphatic rings. The summed E-state index contributed by atoms with van der Waals surface area (Å²) in [6.07, 6.45) is 1.49. The van der Waals surface area contributed by atoms with Crippen LogP contribution in [-0.2, 0) is 6.54 Å². The number of nitrogens with zero attached hydrogens (tertiary/aromatic N) is 5. The van der Waals surface area contributed by atoms with Crippen molar-refractivity contribution < 1.29 is 4.39 Å². The van der Waals surface area contributed by atoms with Gasteiger partial charge in [-0.3, -0.25) is 13.9 Å². The van der Waals surface area contributed by atoms with Crippen molar-refractivity contribution in [2.45, 2.75) is 26.7 Å². The van der Waals surface area contributed by atoms with E-state index < -0.39 is 17.5 Å². The third-order valence-electron chi connectivity index (χ3n) is 3.48. The Morgan fingerprint density at radius 2 is 2.00 bits per heavy atom. The number of aryl methyl sites for hydroxylation is 1. The standard InChI is InChI=1S/C13H13FIN5O2S/c1-7-9-10(21)18(6-3-15)13(22)19(8(2)14)12(9)23-11(7)20-16-4-5-17-20/h4-5,8H,3,6H2,1-2H3. The Kier molecular flexibility index (Phi) is 4.36. The number of thiophene rings is 1. The van der Waals surface area contributed by atoms with E-state index >= 15 is 0 Å². The zero-order valence-corrected chi connectivity index (χ0v) is 15.3. The van der Waals surface area contributed by atoms with Crippen LogP contribution < -0.4 is 11.2 Å². The molecule has 23 heavy (non-hydrogen) atoms. The second kappa shape index (κ2) is 6.15. The van der Waals surface area contributed by atoms with Gasteiger partial charge in [-0.15, -0.1) is 4.80 Å². The maximum Gasteiger partial charge on any atom is 0.334 e. The molecule has 3 heterocycles. The summed E-state index contributed by atoms with van der Waals surface area (Å²) >= 11 is 3.21. The van der Waals surface area contributed by atoms with Gasteiger partial charge in [-0.2, -0.15) is 10.2 Å². The molecule has 10 heteroatoms. The summed E-state index contributed by atoms with van der Waals surface area (Å²) in [7, 11) is 0. The number of hydrogen-bond donors (Lipinski definition) is 0. The molecule has 0 fully saturated rings. The van der Waals surface area contributed by atoms with Crippen molar-refractivity contribution in [2.75, 3.05) is 4.43 Å². The minimum atomic E-state index is -1.54. The van der Waals surface area contributed by atoms with Crippen molar-refractivity contribution in [3.63, 3.8) is 0 Å². The Balaban J connectivity index is 2.47. The fraction of sp³-hybridized carbons (Fsp3) is 0.385. The molecule has 122 valence electrons. The Morgan fingerprint density at radius 1 is 1.35 bits per heavy atom. The van der Waals surface area contributed by atoms with Gasteiger partial charge in [0.15, 0.2) is 6.30 Å². The molecule has 7 nitrogen and oxygen atoms in total. The highest BCUT2D eigenvalue weighted by Gasteiger charge is 2.23. The summed E-state index contributed by atoms with van der Waals surface area (Å²) in [5, 5.41) is 9.05. The first-order valence-electron chi connectivity index (χ1n) is 6.82. The lowest BCUT2D eigenvalue weighted by Gasteiger charge is -2.12. The topological polar surface area (TPSA) is 74.7 Å². The summed E-state index contributed by atoms with van der Waals surface area (Å²) in [4.78, 5) is 26.9. The van der Waals surface area contributed by atoms with E-state index in [0.717, 1.165) is 20.5 Å². The molecule has 0 bridgehead atoms. The average Bonchev–Trinajstić information content (AvgIpc) is 3.11. The molecule has 0 spiro atoms. The van der Waals surface area contributed by atoms with Crippen LogP contribution in [0, 0.1) is 6.92 Å². The Labute approximate surface area is 147 Å². The predicted octanol–water partition coefficient (Wildman–Crippen LogP) is 2.04. The monoisotopic (exact) mass is 449 g/mol. The third-order valence-corrected chi connectivity index (χ3v) is 5.22. The van der Waals surface area contributed by atoms with E-state index in [4.69, 9.17) is 0 Å². The number of aromatic nitrogens is 5. The van der Waals surface area contributed by atoms with E-state index in [2.05, 4.69) is 32.8 Å². The Morgan fingerprint density at radius 3 is 2.57 bits per heavy atom. The molecule has 0 aliphatic carbocycles. The maximum absolute atomic E-state index is 14.1. The summed E-state index contributed by atoms with van der Waals surface area (Å²) in [5.74, 6) is 0. The molecular formula is C13H13FIN5O2S. The van der Waals surface area contributed by atoms with Gasteiger partial charge >= 0.3 is 5.69 Å². The normalized spacial score (nSPS) is 12.9. The third kappa shape index (κ3) is 2.53. The zero-order chi connectivity index (χ0) is 16.7. The van der Waals surface area contributed by atoms with Crippen LogP contribution in [0.4, 0.5) is 4.39 Å². The smallest absolute Gasteiger partial charge is 0.268 e. The van der Waals surface area contributed by atoms with Gasteiger partial charge in [0, 0.05) is 16.5 Å². The van der Waals surface area contributed by atoms with Crippen molar-refractivity contribution in [1.82, 2.24) is 24.1 Å². The molecule has 3 aromatic heterocycles. The van der Waals surface area contributed by atoms with Crippen LogP contribution in [-0.4, -0.2) is 28.6 Å². The first kappa shape index (κ1) is 16.3. The van der Waals surface area contributed by atoms with Crippen LogP contribution in [0.25, 0.3) is 15.2 Å². The van der Waals surface area contributed by atoms with Crippen LogP contribution in [0.15, 0.2) is 22.0 Å². The van der Waals surface area contributed by atoms with Crippen LogP contribution in [0.2, 0.25) is 0 Å². The lowest BCUT2D eigenvalue weighted by molar-refractivity contribution is 0.262. The van der Waals surface area contributed by atoms with E-state index in [1.165, 1.54) is 24.1 Å². The molecule has 0 saturated heterocycles. The molecule has 0 amide bonds. The summed E-state index contributed by atoms with van der Waals surface area (Å²) in [6, 6.07) is 0. The fourth-order valence-corrected chi connectivity index (χ4v) is 4.21. The van der Waals surface area contributed by atoms with Crippen LogP contribution >= 0.6 is 33.9 Å². The molecule has 0 radical (unpaired) electrons. The molecule has 3 rings (SSSR count). The number of halogens is 2. The van der Waals surface area contributed by atoms with Gasteiger partial charge in [-0.05, 0) is 13.8 Å². The van der Waals surface area contributed by atoms with Crippen LogP contribution in [0.5, 0.6) is 0 Å². The number of fused-ring (bicyclic) bond motifs is 1. The van der Waals surface area contributed by atoms with Gasteiger partial charge in [0.1, 0.15) is 9.83 Å². The SMILES string of the molecule is Cc1c(-n2nccn2)sc2c1c(=O)n(CCI)c(=O)n2C(C)F. The van der Waals surface area contributed by atoms with E-state index in [-0.39, 0.29) is 6.54 Å². The molecule has 0 N–H and O–H groups in total. The van der Waals surface area contributed by atoms with Gasteiger partial charge in [0.05, 0.1) is 17.8 Å².